The minimum atomic E-state index is -0.871. The highest BCUT2D eigenvalue weighted by Crippen LogP contribution is 2.04. The van der Waals surface area contributed by atoms with E-state index in [2.05, 4.69) is 5.43 Å². The van der Waals surface area contributed by atoms with Gasteiger partial charge in [-0.15, -0.1) is 0 Å². The fraction of sp³-hybridized carbons (Fsp3) is 0.400. The summed E-state index contributed by atoms with van der Waals surface area (Å²) < 4.78 is 0. The van der Waals surface area contributed by atoms with Crippen molar-refractivity contribution < 1.29 is 19.5 Å². The fourth-order valence-electron chi connectivity index (χ4n) is 1.78. The topological polar surface area (TPSA) is 86.7 Å². The molecular formula is C15H20N2O4. The predicted molar refractivity (Wildman–Crippen MR) is 77.4 cm³/mol. The number of hydrogen-bond acceptors (Lipinski definition) is 3. The molecule has 6 nitrogen and oxygen atoms in total. The third-order valence-electron chi connectivity index (χ3n) is 2.89. The molecule has 0 bridgehead atoms. The normalized spacial score (nSPS) is 9.95. The van der Waals surface area contributed by atoms with Crippen molar-refractivity contribution in [1.82, 2.24) is 10.4 Å². The fourth-order valence-corrected chi connectivity index (χ4v) is 1.78. The molecule has 6 heteroatoms. The molecule has 0 aliphatic heterocycles. The molecule has 114 valence electrons. The Balaban J connectivity index is 2.44. The lowest BCUT2D eigenvalue weighted by molar-refractivity contribution is -0.137. The number of carboxylic acid groups (broad SMARTS) is 1. The van der Waals surface area contributed by atoms with Gasteiger partial charge in [-0.1, -0.05) is 18.2 Å². The van der Waals surface area contributed by atoms with Gasteiger partial charge >= 0.3 is 5.97 Å². The molecule has 0 saturated carbocycles. The first-order valence-electron chi connectivity index (χ1n) is 6.92. The molecule has 0 aromatic heterocycles. The van der Waals surface area contributed by atoms with Crippen molar-refractivity contribution in [1.29, 1.82) is 0 Å². The van der Waals surface area contributed by atoms with Gasteiger partial charge in [0, 0.05) is 24.9 Å². The standard InChI is InChI=1S/C15H20N2O4/c1-2-17(15(21)12-8-4-3-5-9-12)16-13(18)10-6-7-11-14(19)20/h3-5,8-9H,2,6-7,10-11H2,1H3,(H,16,18)(H,19,20). The summed E-state index contributed by atoms with van der Waals surface area (Å²) in [4.78, 5) is 34.3. The Labute approximate surface area is 123 Å². The summed E-state index contributed by atoms with van der Waals surface area (Å²) in [6, 6.07) is 8.70. The van der Waals surface area contributed by atoms with Gasteiger partial charge in [0.25, 0.3) is 5.91 Å². The van der Waals surface area contributed by atoms with Gasteiger partial charge in [-0.2, -0.15) is 0 Å². The molecule has 0 radical (unpaired) electrons. The number of aliphatic carboxylic acids is 1. The maximum absolute atomic E-state index is 12.2. The summed E-state index contributed by atoms with van der Waals surface area (Å²) in [7, 11) is 0. The number of carboxylic acids is 1. The van der Waals surface area contributed by atoms with Gasteiger partial charge in [-0.25, -0.2) is 0 Å². The molecule has 1 aromatic carbocycles. The van der Waals surface area contributed by atoms with E-state index in [4.69, 9.17) is 5.11 Å². The molecule has 0 fully saturated rings. The van der Waals surface area contributed by atoms with Crippen LogP contribution in [0.5, 0.6) is 0 Å². The van der Waals surface area contributed by atoms with Crippen LogP contribution in [0.1, 0.15) is 43.0 Å². The molecule has 21 heavy (non-hydrogen) atoms. The van der Waals surface area contributed by atoms with Crippen LogP contribution in [0.4, 0.5) is 0 Å². The quantitative estimate of drug-likeness (QED) is 0.593. The van der Waals surface area contributed by atoms with E-state index in [-0.39, 0.29) is 24.7 Å². The molecule has 0 saturated heterocycles. The molecule has 1 aromatic rings. The number of benzene rings is 1. The van der Waals surface area contributed by atoms with Crippen LogP contribution in [0.25, 0.3) is 0 Å². The second-order valence-electron chi connectivity index (χ2n) is 4.55. The van der Waals surface area contributed by atoms with Gasteiger partial charge in [0.1, 0.15) is 0 Å². The van der Waals surface area contributed by atoms with Crippen molar-refractivity contribution in [2.45, 2.75) is 32.6 Å². The molecular weight excluding hydrogens is 272 g/mol. The first kappa shape index (κ1) is 16.7. The Morgan fingerprint density at radius 1 is 1.10 bits per heavy atom. The Morgan fingerprint density at radius 2 is 1.71 bits per heavy atom. The molecule has 2 N–H and O–H groups in total. The second kappa shape index (κ2) is 8.73. The van der Waals surface area contributed by atoms with Crippen molar-refractivity contribution >= 4 is 17.8 Å². The van der Waals surface area contributed by atoms with Gasteiger partial charge < -0.3 is 5.11 Å². The zero-order valence-electron chi connectivity index (χ0n) is 12.0. The summed E-state index contributed by atoms with van der Waals surface area (Å²) in [6.45, 7) is 2.13. The number of hydrogen-bond donors (Lipinski definition) is 2. The Morgan fingerprint density at radius 3 is 2.29 bits per heavy atom. The number of carbonyl (C=O) groups is 3. The summed E-state index contributed by atoms with van der Waals surface area (Å²) in [5, 5.41) is 9.77. The molecule has 0 aliphatic carbocycles. The van der Waals surface area contributed by atoms with Crippen LogP contribution in [-0.2, 0) is 9.59 Å². The predicted octanol–water partition coefficient (Wildman–Crippen LogP) is 1.82. The maximum Gasteiger partial charge on any atom is 0.303 e. The minimum Gasteiger partial charge on any atom is -0.481 e. The lowest BCUT2D eigenvalue weighted by Crippen LogP contribution is -2.46. The van der Waals surface area contributed by atoms with Crippen LogP contribution in [0.3, 0.4) is 0 Å². The second-order valence-corrected chi connectivity index (χ2v) is 4.55. The summed E-state index contributed by atoms with van der Waals surface area (Å²) in [5.74, 6) is -1.42. The first-order valence-corrected chi connectivity index (χ1v) is 6.92. The van der Waals surface area contributed by atoms with Gasteiger partial charge in [-0.3, -0.25) is 24.8 Å². The van der Waals surface area contributed by atoms with Crippen LogP contribution in [-0.4, -0.2) is 34.4 Å². The van der Waals surface area contributed by atoms with E-state index in [0.29, 0.717) is 24.9 Å². The maximum atomic E-state index is 12.2. The average molecular weight is 292 g/mol. The van der Waals surface area contributed by atoms with E-state index in [9.17, 15) is 14.4 Å². The zero-order chi connectivity index (χ0) is 15.7. The lowest BCUT2D eigenvalue weighted by atomic mass is 10.2. The molecule has 0 heterocycles. The smallest absolute Gasteiger partial charge is 0.303 e. The number of rotatable bonds is 7. The number of unbranched alkanes of at least 4 members (excludes halogenated alkanes) is 1. The first-order chi connectivity index (χ1) is 10.0. The van der Waals surface area contributed by atoms with Gasteiger partial charge in [0.15, 0.2) is 0 Å². The van der Waals surface area contributed by atoms with E-state index < -0.39 is 5.97 Å². The molecule has 0 atom stereocenters. The monoisotopic (exact) mass is 292 g/mol. The summed E-state index contributed by atoms with van der Waals surface area (Å²) >= 11 is 0. The number of nitrogens with one attached hydrogen (secondary N) is 1. The largest absolute Gasteiger partial charge is 0.481 e. The van der Waals surface area contributed by atoms with Crippen LogP contribution in [0.2, 0.25) is 0 Å². The van der Waals surface area contributed by atoms with E-state index in [1.54, 1.807) is 31.2 Å². The van der Waals surface area contributed by atoms with Gasteiger partial charge in [0.2, 0.25) is 5.91 Å². The molecule has 0 spiro atoms. The average Bonchev–Trinajstić information content (AvgIpc) is 2.49. The SMILES string of the molecule is CCN(NC(=O)CCCCC(=O)O)C(=O)c1ccccc1. The Bertz CT molecular complexity index is 488. The highest BCUT2D eigenvalue weighted by molar-refractivity contribution is 5.95. The van der Waals surface area contributed by atoms with Crippen molar-refractivity contribution in [2.24, 2.45) is 0 Å². The lowest BCUT2D eigenvalue weighted by Gasteiger charge is -2.21. The summed E-state index contributed by atoms with van der Waals surface area (Å²) in [6.07, 6.45) is 1.18. The van der Waals surface area contributed by atoms with Crippen LogP contribution in [0, 0.1) is 0 Å². The molecule has 1 rings (SSSR count). The van der Waals surface area contributed by atoms with Crippen LogP contribution >= 0.6 is 0 Å². The van der Waals surface area contributed by atoms with Crippen molar-refractivity contribution in [3.05, 3.63) is 35.9 Å². The number of amides is 2. The van der Waals surface area contributed by atoms with Crippen molar-refractivity contribution in [3.63, 3.8) is 0 Å². The van der Waals surface area contributed by atoms with E-state index in [1.807, 2.05) is 6.07 Å². The Kier molecular flexibility index (Phi) is 6.94. The van der Waals surface area contributed by atoms with Crippen molar-refractivity contribution in [2.75, 3.05) is 6.54 Å². The highest BCUT2D eigenvalue weighted by atomic mass is 16.4. The third kappa shape index (κ3) is 6.07. The number of carbonyl (C=O) groups excluding carboxylic acids is 2. The molecule has 0 aliphatic rings. The molecule has 2 amide bonds. The van der Waals surface area contributed by atoms with Crippen LogP contribution < -0.4 is 5.43 Å². The molecule has 0 unspecified atom stereocenters. The van der Waals surface area contributed by atoms with Gasteiger partial charge in [-0.05, 0) is 31.9 Å². The van der Waals surface area contributed by atoms with E-state index >= 15 is 0 Å². The number of nitrogens with zero attached hydrogens (tertiary/aromatic N) is 1. The third-order valence-corrected chi connectivity index (χ3v) is 2.89. The summed E-state index contributed by atoms with van der Waals surface area (Å²) in [5.41, 5.74) is 3.06. The highest BCUT2D eigenvalue weighted by Gasteiger charge is 2.15. The Hall–Kier alpha value is -2.37. The van der Waals surface area contributed by atoms with E-state index in [1.165, 1.54) is 5.01 Å². The zero-order valence-corrected chi connectivity index (χ0v) is 12.0. The van der Waals surface area contributed by atoms with Gasteiger partial charge in [0.05, 0.1) is 0 Å². The number of hydrazine groups is 1. The van der Waals surface area contributed by atoms with Crippen LogP contribution in [0.15, 0.2) is 30.3 Å². The van der Waals surface area contributed by atoms with E-state index in [0.717, 1.165) is 0 Å². The van der Waals surface area contributed by atoms with Crippen molar-refractivity contribution in [3.8, 4) is 0 Å². The minimum absolute atomic E-state index is 0.0493.